The van der Waals surface area contributed by atoms with Crippen LogP contribution in [0.2, 0.25) is 0 Å². The molecule has 1 aromatic carbocycles. The van der Waals surface area contributed by atoms with E-state index in [0.717, 1.165) is 27.4 Å². The Kier molecular flexibility index (Phi) is 5.64. The van der Waals surface area contributed by atoms with E-state index in [9.17, 15) is 9.59 Å². The number of amides is 1. The molecular weight excluding hydrogens is 438 g/mol. The summed E-state index contributed by atoms with van der Waals surface area (Å²) >= 11 is 9.85. The molecule has 1 amide bonds. The summed E-state index contributed by atoms with van der Waals surface area (Å²) in [7, 11) is 0. The largest absolute Gasteiger partial charge is 0.481 e. The Balaban J connectivity index is 1.81. The van der Waals surface area contributed by atoms with E-state index < -0.39 is 5.97 Å². The molecule has 26 heavy (non-hydrogen) atoms. The van der Waals surface area contributed by atoms with Gasteiger partial charge in [-0.1, -0.05) is 46.0 Å². The molecule has 3 rings (SSSR count). The maximum absolute atomic E-state index is 12.4. The van der Waals surface area contributed by atoms with Gasteiger partial charge in [0.1, 0.15) is 15.8 Å². The first kappa shape index (κ1) is 18.9. The summed E-state index contributed by atoms with van der Waals surface area (Å²) in [6.45, 7) is 2.07. The highest BCUT2D eigenvalue weighted by atomic mass is 79.9. The summed E-state index contributed by atoms with van der Waals surface area (Å²) in [4.78, 5) is 24.8. The van der Waals surface area contributed by atoms with Crippen LogP contribution in [-0.4, -0.2) is 32.7 Å². The Morgan fingerprint density at radius 1 is 1.38 bits per heavy atom. The number of carbonyl (C=O) groups excluding carboxylic acids is 1. The van der Waals surface area contributed by atoms with Gasteiger partial charge >= 0.3 is 5.97 Å². The van der Waals surface area contributed by atoms with Gasteiger partial charge in [-0.05, 0) is 36.8 Å². The summed E-state index contributed by atoms with van der Waals surface area (Å²) in [6, 6.07) is 9.59. The van der Waals surface area contributed by atoms with Gasteiger partial charge in [0, 0.05) is 22.7 Å². The molecule has 1 aliphatic rings. The van der Waals surface area contributed by atoms with E-state index in [0.29, 0.717) is 20.7 Å². The minimum Gasteiger partial charge on any atom is -0.481 e. The molecule has 2 aromatic rings. The maximum Gasteiger partial charge on any atom is 0.305 e. The fraction of sp³-hybridized carbons (Fsp3) is 0.167. The third-order valence-electron chi connectivity index (χ3n) is 3.71. The van der Waals surface area contributed by atoms with Gasteiger partial charge in [0.2, 0.25) is 0 Å². The molecule has 0 bridgehead atoms. The number of carboxylic acid groups (broad SMARTS) is 1. The third kappa shape index (κ3) is 4.08. The Morgan fingerprint density at radius 2 is 2.15 bits per heavy atom. The number of carboxylic acids is 1. The zero-order chi connectivity index (χ0) is 18.8. The maximum atomic E-state index is 12.4. The normalized spacial score (nSPS) is 15.9. The lowest BCUT2D eigenvalue weighted by Gasteiger charge is -2.12. The quantitative estimate of drug-likeness (QED) is 0.524. The number of halogens is 1. The van der Waals surface area contributed by atoms with Crippen molar-refractivity contribution in [1.29, 1.82) is 0 Å². The van der Waals surface area contributed by atoms with E-state index in [1.807, 2.05) is 31.2 Å². The van der Waals surface area contributed by atoms with Gasteiger partial charge in [0.15, 0.2) is 0 Å². The number of thiocarbonyl (C=S) groups is 1. The predicted octanol–water partition coefficient (Wildman–Crippen LogP) is 4.69. The summed E-state index contributed by atoms with van der Waals surface area (Å²) in [6.07, 6.45) is 1.48. The SMILES string of the molecule is Cc1ccc(-c2ccc(/C=C3\SC(=S)N(CCC(=O)O)C3=O)o2)c(Br)c1. The lowest BCUT2D eigenvalue weighted by atomic mass is 10.1. The van der Waals surface area contributed by atoms with Crippen molar-refractivity contribution in [2.75, 3.05) is 6.54 Å². The smallest absolute Gasteiger partial charge is 0.305 e. The van der Waals surface area contributed by atoms with E-state index in [4.69, 9.17) is 21.7 Å². The van der Waals surface area contributed by atoms with Gasteiger partial charge in [-0.25, -0.2) is 0 Å². The molecule has 1 saturated heterocycles. The first-order valence-electron chi connectivity index (χ1n) is 7.68. The second-order valence-electron chi connectivity index (χ2n) is 5.66. The summed E-state index contributed by atoms with van der Waals surface area (Å²) in [5, 5.41) is 8.78. The molecule has 0 radical (unpaired) electrons. The summed E-state index contributed by atoms with van der Waals surface area (Å²) in [5.41, 5.74) is 2.06. The molecule has 0 unspecified atom stereocenters. The highest BCUT2D eigenvalue weighted by molar-refractivity contribution is 9.10. The number of thioether (sulfide) groups is 1. The average Bonchev–Trinajstić information content (AvgIpc) is 3.11. The van der Waals surface area contributed by atoms with Crippen LogP contribution in [0.25, 0.3) is 17.4 Å². The number of aryl methyl sites for hydroxylation is 1. The van der Waals surface area contributed by atoms with E-state index in [1.165, 1.54) is 4.90 Å². The van der Waals surface area contributed by atoms with Gasteiger partial charge in [-0.2, -0.15) is 0 Å². The minimum atomic E-state index is -0.970. The highest BCUT2D eigenvalue weighted by Crippen LogP contribution is 2.35. The number of benzene rings is 1. The standard InChI is InChI=1S/C18H14BrNO4S2/c1-10-2-4-12(13(19)8-10)14-5-3-11(24-14)9-15-17(23)20(18(25)26-15)7-6-16(21)22/h2-5,8-9H,6-7H2,1H3,(H,21,22)/b15-9-. The van der Waals surface area contributed by atoms with Crippen molar-refractivity contribution in [2.24, 2.45) is 0 Å². The molecular formula is C18H14BrNO4S2. The molecule has 1 aliphatic heterocycles. The van der Waals surface area contributed by atoms with E-state index in [-0.39, 0.29) is 18.9 Å². The Bertz CT molecular complexity index is 935. The molecule has 134 valence electrons. The topological polar surface area (TPSA) is 70.8 Å². The van der Waals surface area contributed by atoms with Crippen molar-refractivity contribution in [2.45, 2.75) is 13.3 Å². The van der Waals surface area contributed by atoms with Gasteiger partial charge in [-0.3, -0.25) is 14.5 Å². The number of furan rings is 1. The van der Waals surface area contributed by atoms with Crippen molar-refractivity contribution in [3.05, 3.63) is 51.0 Å². The second-order valence-corrected chi connectivity index (χ2v) is 8.19. The molecule has 1 fully saturated rings. The molecule has 1 aromatic heterocycles. The third-order valence-corrected chi connectivity index (χ3v) is 5.75. The van der Waals surface area contributed by atoms with Crippen molar-refractivity contribution in [3.63, 3.8) is 0 Å². The van der Waals surface area contributed by atoms with Crippen LogP contribution in [0, 0.1) is 6.92 Å². The lowest BCUT2D eigenvalue weighted by molar-refractivity contribution is -0.137. The van der Waals surface area contributed by atoms with E-state index in [1.54, 1.807) is 12.1 Å². The van der Waals surface area contributed by atoms with Crippen LogP contribution >= 0.6 is 39.9 Å². The number of hydrogen-bond donors (Lipinski definition) is 1. The molecule has 0 spiro atoms. The lowest BCUT2D eigenvalue weighted by Crippen LogP contribution is -2.30. The van der Waals surface area contributed by atoms with Crippen LogP contribution in [0.15, 0.2) is 44.1 Å². The van der Waals surface area contributed by atoms with Crippen LogP contribution in [0.3, 0.4) is 0 Å². The molecule has 2 heterocycles. The summed E-state index contributed by atoms with van der Waals surface area (Å²) < 4.78 is 7.13. The van der Waals surface area contributed by atoms with E-state index >= 15 is 0 Å². The molecule has 0 aliphatic carbocycles. The van der Waals surface area contributed by atoms with Gasteiger partial charge in [0.25, 0.3) is 5.91 Å². The van der Waals surface area contributed by atoms with Crippen molar-refractivity contribution < 1.29 is 19.1 Å². The monoisotopic (exact) mass is 451 g/mol. The molecule has 0 saturated carbocycles. The van der Waals surface area contributed by atoms with Crippen LogP contribution in [0.5, 0.6) is 0 Å². The summed E-state index contributed by atoms with van der Waals surface area (Å²) in [5.74, 6) is -0.0474. The van der Waals surface area contributed by atoms with Crippen LogP contribution in [0.1, 0.15) is 17.7 Å². The molecule has 5 nitrogen and oxygen atoms in total. The Hall–Kier alpha value is -1.90. The molecule has 8 heteroatoms. The number of aliphatic carboxylic acids is 1. The average molecular weight is 452 g/mol. The molecule has 1 N–H and O–H groups in total. The van der Waals surface area contributed by atoms with Gasteiger partial charge < -0.3 is 9.52 Å². The number of hydrogen-bond acceptors (Lipinski definition) is 5. The van der Waals surface area contributed by atoms with E-state index in [2.05, 4.69) is 15.9 Å². The van der Waals surface area contributed by atoms with Gasteiger partial charge in [-0.15, -0.1) is 0 Å². The molecule has 0 atom stereocenters. The first-order chi connectivity index (χ1) is 12.3. The van der Waals surface area contributed by atoms with Crippen LogP contribution < -0.4 is 0 Å². The van der Waals surface area contributed by atoms with Crippen molar-refractivity contribution in [1.82, 2.24) is 4.90 Å². The highest BCUT2D eigenvalue weighted by Gasteiger charge is 2.32. The zero-order valence-electron chi connectivity index (χ0n) is 13.7. The van der Waals surface area contributed by atoms with Crippen LogP contribution in [-0.2, 0) is 9.59 Å². The first-order valence-corrected chi connectivity index (χ1v) is 9.70. The van der Waals surface area contributed by atoms with Crippen molar-refractivity contribution in [3.8, 4) is 11.3 Å². The van der Waals surface area contributed by atoms with Crippen molar-refractivity contribution >= 4 is 62.2 Å². The predicted molar refractivity (Wildman–Crippen MR) is 109 cm³/mol. The fourth-order valence-corrected chi connectivity index (χ4v) is 4.40. The van der Waals surface area contributed by atoms with Gasteiger partial charge in [0.05, 0.1) is 11.3 Å². The Morgan fingerprint density at radius 3 is 2.85 bits per heavy atom. The second kappa shape index (κ2) is 7.77. The number of nitrogens with zero attached hydrogens (tertiary/aromatic N) is 1. The fourth-order valence-electron chi connectivity index (χ4n) is 2.42. The number of carbonyl (C=O) groups is 2. The van der Waals surface area contributed by atoms with Crippen LogP contribution in [0.4, 0.5) is 0 Å². The number of rotatable bonds is 5. The Labute approximate surface area is 168 Å². The zero-order valence-corrected chi connectivity index (χ0v) is 16.9. The minimum absolute atomic E-state index is 0.0665.